The summed E-state index contributed by atoms with van der Waals surface area (Å²) in [6.45, 7) is 1.59. The number of rotatable bonds is 9. The van der Waals surface area contributed by atoms with Crippen molar-refractivity contribution in [1.82, 2.24) is 0 Å². The highest BCUT2D eigenvalue weighted by molar-refractivity contribution is 7.85. The second kappa shape index (κ2) is 8.79. The summed E-state index contributed by atoms with van der Waals surface area (Å²) in [7, 11) is 0.413. The Bertz CT molecular complexity index is 433. The first-order chi connectivity index (χ1) is 9.15. The van der Waals surface area contributed by atoms with Crippen molar-refractivity contribution in [2.75, 3.05) is 32.7 Å². The van der Waals surface area contributed by atoms with Crippen LogP contribution >= 0.6 is 0 Å². The maximum Gasteiger partial charge on any atom is 0.335 e. The lowest BCUT2D eigenvalue weighted by Gasteiger charge is -2.05. The molecule has 0 aliphatic rings. The Kier molecular flexibility index (Phi) is 7.32. The molecule has 1 N–H and O–H groups in total. The van der Waals surface area contributed by atoms with Crippen molar-refractivity contribution < 1.29 is 23.6 Å². The minimum Gasteiger partial charge on any atom is -0.478 e. The van der Waals surface area contributed by atoms with Crippen molar-refractivity contribution in [3.05, 3.63) is 29.8 Å². The van der Waals surface area contributed by atoms with E-state index < -0.39 is 16.8 Å². The van der Waals surface area contributed by atoms with Crippen molar-refractivity contribution in [3.63, 3.8) is 0 Å². The molecular weight excluding hydrogens is 268 g/mol. The molecule has 5 nitrogen and oxygen atoms in total. The summed E-state index contributed by atoms with van der Waals surface area (Å²) >= 11 is 0. The summed E-state index contributed by atoms with van der Waals surface area (Å²) in [5.74, 6) is -0.558. The lowest BCUT2D eigenvalue weighted by atomic mass is 10.2. The van der Waals surface area contributed by atoms with E-state index in [2.05, 4.69) is 0 Å². The fourth-order valence-electron chi connectivity index (χ4n) is 1.43. The summed E-state index contributed by atoms with van der Waals surface area (Å²) in [6.07, 6.45) is 0.660. The van der Waals surface area contributed by atoms with E-state index in [1.54, 1.807) is 19.2 Å². The van der Waals surface area contributed by atoms with Crippen molar-refractivity contribution in [3.8, 4) is 0 Å². The van der Waals surface area contributed by atoms with Crippen LogP contribution in [0.1, 0.15) is 16.8 Å². The smallest absolute Gasteiger partial charge is 0.335 e. The zero-order chi connectivity index (χ0) is 14.1. The van der Waals surface area contributed by atoms with Gasteiger partial charge in [-0.05, 0) is 24.6 Å². The Morgan fingerprint density at radius 2 is 2.11 bits per heavy atom. The third-order valence-corrected chi connectivity index (χ3v) is 3.83. The van der Waals surface area contributed by atoms with Crippen LogP contribution in [-0.4, -0.2) is 48.0 Å². The molecule has 0 saturated carbocycles. The van der Waals surface area contributed by atoms with Gasteiger partial charge in [-0.15, -0.1) is 0 Å². The average Bonchev–Trinajstić information content (AvgIpc) is 2.42. The monoisotopic (exact) mass is 286 g/mol. The van der Waals surface area contributed by atoms with Crippen LogP contribution in [0.2, 0.25) is 0 Å². The van der Waals surface area contributed by atoms with Gasteiger partial charge in [0.1, 0.15) is 0 Å². The van der Waals surface area contributed by atoms with Crippen molar-refractivity contribution in [2.24, 2.45) is 0 Å². The summed E-state index contributed by atoms with van der Waals surface area (Å²) < 4.78 is 22.0. The molecule has 0 amide bonds. The van der Waals surface area contributed by atoms with Crippen LogP contribution in [0.25, 0.3) is 0 Å². The third-order valence-electron chi connectivity index (χ3n) is 2.39. The molecule has 0 aliphatic heterocycles. The van der Waals surface area contributed by atoms with Gasteiger partial charge >= 0.3 is 5.97 Å². The van der Waals surface area contributed by atoms with Crippen LogP contribution in [0.3, 0.4) is 0 Å². The lowest BCUT2D eigenvalue weighted by molar-refractivity contribution is 0.0696. The molecule has 1 aromatic rings. The van der Waals surface area contributed by atoms with E-state index in [-0.39, 0.29) is 5.56 Å². The van der Waals surface area contributed by atoms with Gasteiger partial charge in [0, 0.05) is 24.4 Å². The van der Waals surface area contributed by atoms with Gasteiger partial charge in [0.05, 0.1) is 29.6 Å². The van der Waals surface area contributed by atoms with Gasteiger partial charge in [-0.2, -0.15) is 0 Å². The molecular formula is C13H18O5S. The number of hydrogen-bond donors (Lipinski definition) is 1. The zero-order valence-corrected chi connectivity index (χ0v) is 11.6. The summed E-state index contributed by atoms with van der Waals surface area (Å²) in [5, 5.41) is 8.86. The Morgan fingerprint density at radius 1 is 1.32 bits per heavy atom. The van der Waals surface area contributed by atoms with E-state index in [4.69, 9.17) is 14.6 Å². The van der Waals surface area contributed by atoms with E-state index in [9.17, 15) is 9.00 Å². The van der Waals surface area contributed by atoms with Crippen molar-refractivity contribution >= 4 is 16.8 Å². The van der Waals surface area contributed by atoms with Crippen molar-refractivity contribution in [1.29, 1.82) is 0 Å². The molecule has 0 bridgehead atoms. The quantitative estimate of drug-likeness (QED) is 0.697. The highest BCUT2D eigenvalue weighted by Gasteiger charge is 2.08. The van der Waals surface area contributed by atoms with Crippen LogP contribution in [0.4, 0.5) is 0 Å². The second-order valence-electron chi connectivity index (χ2n) is 3.84. The fraction of sp³-hybridized carbons (Fsp3) is 0.462. The molecule has 0 saturated heterocycles. The minimum atomic E-state index is -1.19. The van der Waals surface area contributed by atoms with Crippen LogP contribution in [0, 0.1) is 0 Å². The topological polar surface area (TPSA) is 72.8 Å². The number of hydrogen-bond acceptors (Lipinski definition) is 4. The first-order valence-corrected chi connectivity index (χ1v) is 7.25. The molecule has 1 unspecified atom stereocenters. The molecule has 1 rings (SSSR count). The summed E-state index contributed by atoms with van der Waals surface area (Å²) in [6, 6.07) is 6.21. The van der Waals surface area contributed by atoms with Gasteiger partial charge in [0.25, 0.3) is 0 Å². The van der Waals surface area contributed by atoms with Crippen LogP contribution < -0.4 is 0 Å². The Hall–Kier alpha value is -1.24. The van der Waals surface area contributed by atoms with E-state index in [0.29, 0.717) is 36.9 Å². The van der Waals surface area contributed by atoms with E-state index in [1.165, 1.54) is 12.1 Å². The largest absolute Gasteiger partial charge is 0.478 e. The Balaban J connectivity index is 2.37. The SMILES string of the molecule is COCCOCCCS(=O)c1cccc(C(=O)O)c1. The first-order valence-electron chi connectivity index (χ1n) is 5.93. The van der Waals surface area contributed by atoms with Crippen LogP contribution in [0.5, 0.6) is 0 Å². The molecule has 0 heterocycles. The molecule has 0 radical (unpaired) electrons. The highest BCUT2D eigenvalue weighted by atomic mass is 32.2. The second-order valence-corrected chi connectivity index (χ2v) is 5.41. The molecule has 0 aromatic heterocycles. The highest BCUT2D eigenvalue weighted by Crippen LogP contribution is 2.11. The zero-order valence-electron chi connectivity index (χ0n) is 10.8. The minimum absolute atomic E-state index is 0.155. The predicted octanol–water partition coefficient (Wildman–Crippen LogP) is 1.55. The molecule has 6 heteroatoms. The normalized spacial score (nSPS) is 12.3. The number of carboxylic acid groups (broad SMARTS) is 1. The molecule has 1 atom stereocenters. The third kappa shape index (κ3) is 5.96. The molecule has 0 spiro atoms. The van der Waals surface area contributed by atoms with Crippen LogP contribution in [0.15, 0.2) is 29.2 Å². The molecule has 0 fully saturated rings. The standard InChI is InChI=1S/C13H18O5S/c1-17-7-8-18-6-3-9-19(16)12-5-2-4-11(10-12)13(14)15/h2,4-5,10H,3,6-9H2,1H3,(H,14,15). The van der Waals surface area contributed by atoms with E-state index in [0.717, 1.165) is 0 Å². The van der Waals surface area contributed by atoms with Gasteiger partial charge in [-0.25, -0.2) is 4.79 Å². The van der Waals surface area contributed by atoms with Crippen LogP contribution in [-0.2, 0) is 20.3 Å². The van der Waals surface area contributed by atoms with E-state index >= 15 is 0 Å². The lowest BCUT2D eigenvalue weighted by Crippen LogP contribution is -2.07. The molecule has 106 valence electrons. The number of methoxy groups -OCH3 is 1. The van der Waals surface area contributed by atoms with E-state index in [1.807, 2.05) is 0 Å². The summed E-state index contributed by atoms with van der Waals surface area (Å²) in [4.78, 5) is 11.3. The number of carboxylic acids is 1. The molecule has 1 aromatic carbocycles. The average molecular weight is 286 g/mol. The first kappa shape index (κ1) is 15.8. The number of benzene rings is 1. The fourth-order valence-corrected chi connectivity index (χ4v) is 2.53. The maximum absolute atomic E-state index is 11.9. The maximum atomic E-state index is 11.9. The van der Waals surface area contributed by atoms with Gasteiger partial charge in [-0.3, -0.25) is 4.21 Å². The van der Waals surface area contributed by atoms with Gasteiger partial charge < -0.3 is 14.6 Å². The molecule has 19 heavy (non-hydrogen) atoms. The molecule has 0 aliphatic carbocycles. The van der Waals surface area contributed by atoms with Gasteiger partial charge in [0.15, 0.2) is 0 Å². The Morgan fingerprint density at radius 3 is 2.79 bits per heavy atom. The number of ether oxygens (including phenoxy) is 2. The number of aromatic carboxylic acids is 1. The summed E-state index contributed by atoms with van der Waals surface area (Å²) in [5.41, 5.74) is 0.155. The number of carbonyl (C=O) groups is 1. The van der Waals surface area contributed by atoms with Gasteiger partial charge in [0.2, 0.25) is 0 Å². The Labute approximate surface area is 115 Å². The predicted molar refractivity (Wildman–Crippen MR) is 72.0 cm³/mol. The van der Waals surface area contributed by atoms with Gasteiger partial charge in [-0.1, -0.05) is 6.07 Å². The van der Waals surface area contributed by atoms with Crippen molar-refractivity contribution in [2.45, 2.75) is 11.3 Å².